The normalized spacial score (nSPS) is 16.3. The van der Waals surface area contributed by atoms with Gasteiger partial charge in [-0.25, -0.2) is 0 Å². The first-order valence-electron chi connectivity index (χ1n) is 8.35. The second kappa shape index (κ2) is 6.40. The van der Waals surface area contributed by atoms with Gasteiger partial charge in [-0.2, -0.15) is 0 Å². The third-order valence-electron chi connectivity index (χ3n) is 4.46. The molecule has 3 aromatic rings. The van der Waals surface area contributed by atoms with Crippen LogP contribution in [0.2, 0.25) is 0 Å². The molecule has 2 heterocycles. The monoisotopic (exact) mass is 329 g/mol. The Bertz CT molecular complexity index is 891. The van der Waals surface area contributed by atoms with Crippen LogP contribution in [0.1, 0.15) is 33.3 Å². The molecule has 0 bridgehead atoms. The maximum Gasteiger partial charge on any atom is 0.258 e. The summed E-state index contributed by atoms with van der Waals surface area (Å²) in [5.41, 5.74) is 4.68. The van der Waals surface area contributed by atoms with Crippen LogP contribution in [0, 0.1) is 6.92 Å². The van der Waals surface area contributed by atoms with E-state index in [0.29, 0.717) is 12.1 Å². The van der Waals surface area contributed by atoms with Crippen molar-refractivity contribution in [3.63, 3.8) is 0 Å². The smallest absolute Gasteiger partial charge is 0.258 e. The minimum atomic E-state index is -0.287. The molecule has 0 fully saturated rings. The molecule has 0 saturated heterocycles. The number of aromatic nitrogens is 1. The Balaban J connectivity index is 1.74. The first kappa shape index (κ1) is 15.4. The van der Waals surface area contributed by atoms with Gasteiger partial charge >= 0.3 is 0 Å². The predicted molar refractivity (Wildman–Crippen MR) is 98.1 cm³/mol. The Kier molecular flexibility index (Phi) is 3.94. The van der Waals surface area contributed by atoms with E-state index in [0.717, 1.165) is 16.9 Å². The number of hydrogen-bond acceptors (Lipinski definition) is 3. The second-order valence-corrected chi connectivity index (χ2v) is 6.27. The van der Waals surface area contributed by atoms with E-state index in [9.17, 15) is 4.79 Å². The summed E-state index contributed by atoms with van der Waals surface area (Å²) in [6, 6.07) is 21.7. The molecule has 1 N–H and O–H groups in total. The van der Waals surface area contributed by atoms with E-state index < -0.39 is 0 Å². The average molecular weight is 329 g/mol. The fourth-order valence-electron chi connectivity index (χ4n) is 3.12. The summed E-state index contributed by atoms with van der Waals surface area (Å²) in [7, 11) is 0. The minimum Gasteiger partial charge on any atom is -0.359 e. The fraction of sp³-hybridized carbons (Fsp3) is 0.143. The molecular weight excluding hydrogens is 310 g/mol. The molecular formula is C21H19N3O. The highest BCUT2D eigenvalue weighted by Gasteiger charge is 2.33. The number of carbonyl (C=O) groups excluding carboxylic acids is 1. The molecule has 0 unspecified atom stereocenters. The molecule has 4 rings (SSSR count). The highest BCUT2D eigenvalue weighted by atomic mass is 16.2. The van der Waals surface area contributed by atoms with Crippen LogP contribution < -0.4 is 5.32 Å². The Morgan fingerprint density at radius 3 is 2.52 bits per heavy atom. The van der Waals surface area contributed by atoms with Gasteiger partial charge in [0.1, 0.15) is 6.17 Å². The molecule has 124 valence electrons. The van der Waals surface area contributed by atoms with Crippen molar-refractivity contribution < 1.29 is 4.79 Å². The predicted octanol–water partition coefficient (Wildman–Crippen LogP) is 4.16. The number of anilines is 1. The zero-order chi connectivity index (χ0) is 17.2. The lowest BCUT2D eigenvalue weighted by Gasteiger charge is -2.37. The molecule has 1 aliphatic heterocycles. The molecule has 0 saturated carbocycles. The minimum absolute atomic E-state index is 0.0191. The van der Waals surface area contributed by atoms with Crippen molar-refractivity contribution in [2.75, 3.05) is 5.32 Å². The lowest BCUT2D eigenvalue weighted by Crippen LogP contribution is -2.42. The molecule has 0 aliphatic carbocycles. The van der Waals surface area contributed by atoms with E-state index in [1.165, 1.54) is 5.56 Å². The fourth-order valence-corrected chi connectivity index (χ4v) is 3.12. The van der Waals surface area contributed by atoms with Crippen LogP contribution in [0.5, 0.6) is 0 Å². The van der Waals surface area contributed by atoms with Gasteiger partial charge in [0.15, 0.2) is 0 Å². The van der Waals surface area contributed by atoms with Crippen molar-refractivity contribution in [2.45, 2.75) is 19.6 Å². The van der Waals surface area contributed by atoms with Gasteiger partial charge in [0.25, 0.3) is 5.91 Å². The second-order valence-electron chi connectivity index (χ2n) is 6.27. The molecule has 4 nitrogen and oxygen atoms in total. The lowest BCUT2D eigenvalue weighted by molar-refractivity contribution is 0.0663. The van der Waals surface area contributed by atoms with Crippen molar-refractivity contribution in [1.82, 2.24) is 9.88 Å². The Hall–Kier alpha value is -3.14. The van der Waals surface area contributed by atoms with E-state index in [1.807, 2.05) is 47.4 Å². The number of benzene rings is 2. The van der Waals surface area contributed by atoms with Gasteiger partial charge in [0.05, 0.1) is 11.3 Å². The molecule has 0 spiro atoms. The first-order chi connectivity index (χ1) is 12.2. The molecule has 2 aromatic carbocycles. The Morgan fingerprint density at radius 2 is 1.76 bits per heavy atom. The zero-order valence-corrected chi connectivity index (χ0v) is 14.0. The van der Waals surface area contributed by atoms with Gasteiger partial charge in [-0.15, -0.1) is 0 Å². The largest absolute Gasteiger partial charge is 0.359 e. The number of fused-ring (bicyclic) bond motifs is 1. The van der Waals surface area contributed by atoms with Crippen LogP contribution in [0.3, 0.4) is 0 Å². The first-order valence-corrected chi connectivity index (χ1v) is 8.35. The molecule has 4 heteroatoms. The highest BCUT2D eigenvalue weighted by Crippen LogP contribution is 2.33. The van der Waals surface area contributed by atoms with Crippen molar-refractivity contribution >= 4 is 11.6 Å². The van der Waals surface area contributed by atoms with Crippen LogP contribution in [0.4, 0.5) is 5.69 Å². The standard InChI is InChI=1S/C21H19N3O/c1-15-9-11-16(12-10-15)14-24-20(19-8-4-5-13-22-19)23-18-7-3-2-6-17(18)21(24)25/h2-13,20,23H,14H2,1H3/t20-/m1/s1. The molecule has 0 radical (unpaired) electrons. The van der Waals surface area contributed by atoms with E-state index >= 15 is 0 Å². The number of nitrogens with zero attached hydrogens (tertiary/aromatic N) is 2. The highest BCUT2D eigenvalue weighted by molar-refractivity contribution is 6.01. The summed E-state index contributed by atoms with van der Waals surface area (Å²) in [4.78, 5) is 19.4. The maximum absolute atomic E-state index is 13.1. The summed E-state index contributed by atoms with van der Waals surface area (Å²) in [5, 5.41) is 3.47. The average Bonchev–Trinajstić information content (AvgIpc) is 2.66. The molecule has 1 amide bonds. The van der Waals surface area contributed by atoms with Crippen LogP contribution in [-0.2, 0) is 6.54 Å². The van der Waals surface area contributed by atoms with Crippen LogP contribution in [-0.4, -0.2) is 15.8 Å². The van der Waals surface area contributed by atoms with Gasteiger partial charge in [-0.3, -0.25) is 9.78 Å². The van der Waals surface area contributed by atoms with Gasteiger partial charge < -0.3 is 10.2 Å². The third-order valence-corrected chi connectivity index (χ3v) is 4.46. The number of carbonyl (C=O) groups is 1. The van der Waals surface area contributed by atoms with Gasteiger partial charge in [-0.1, -0.05) is 48.0 Å². The summed E-state index contributed by atoms with van der Waals surface area (Å²) in [6.45, 7) is 2.59. The van der Waals surface area contributed by atoms with Crippen molar-refractivity contribution in [1.29, 1.82) is 0 Å². The summed E-state index contributed by atoms with van der Waals surface area (Å²) in [5.74, 6) is 0.0191. The van der Waals surface area contributed by atoms with Crippen molar-refractivity contribution in [3.05, 3.63) is 95.3 Å². The van der Waals surface area contributed by atoms with Gasteiger partial charge in [-0.05, 0) is 36.8 Å². The number of aryl methyl sites for hydroxylation is 1. The zero-order valence-electron chi connectivity index (χ0n) is 14.0. The lowest BCUT2D eigenvalue weighted by atomic mass is 10.0. The Labute approximate surface area is 147 Å². The molecule has 1 aromatic heterocycles. The van der Waals surface area contributed by atoms with Gasteiger partial charge in [0.2, 0.25) is 0 Å². The van der Waals surface area contributed by atoms with E-state index in [-0.39, 0.29) is 12.1 Å². The molecule has 1 atom stereocenters. The van der Waals surface area contributed by atoms with E-state index in [2.05, 4.69) is 41.5 Å². The number of amides is 1. The van der Waals surface area contributed by atoms with Crippen LogP contribution >= 0.6 is 0 Å². The summed E-state index contributed by atoms with van der Waals surface area (Å²) >= 11 is 0. The summed E-state index contributed by atoms with van der Waals surface area (Å²) in [6.07, 6.45) is 1.47. The Morgan fingerprint density at radius 1 is 1.00 bits per heavy atom. The summed E-state index contributed by atoms with van der Waals surface area (Å²) < 4.78 is 0. The SMILES string of the molecule is Cc1ccc(CN2C(=O)c3ccccc3N[C@H]2c2ccccn2)cc1. The van der Waals surface area contributed by atoms with Crippen LogP contribution in [0.15, 0.2) is 72.9 Å². The van der Waals surface area contributed by atoms with E-state index in [4.69, 9.17) is 0 Å². The van der Waals surface area contributed by atoms with Crippen molar-refractivity contribution in [3.8, 4) is 0 Å². The number of pyridine rings is 1. The third kappa shape index (κ3) is 2.98. The van der Waals surface area contributed by atoms with Crippen molar-refractivity contribution in [2.24, 2.45) is 0 Å². The number of hydrogen-bond donors (Lipinski definition) is 1. The number of nitrogens with one attached hydrogen (secondary N) is 1. The van der Waals surface area contributed by atoms with E-state index in [1.54, 1.807) is 6.20 Å². The maximum atomic E-state index is 13.1. The molecule has 1 aliphatic rings. The number of para-hydroxylation sites is 1. The van der Waals surface area contributed by atoms with Crippen LogP contribution in [0.25, 0.3) is 0 Å². The topological polar surface area (TPSA) is 45.2 Å². The number of rotatable bonds is 3. The molecule has 25 heavy (non-hydrogen) atoms. The van der Waals surface area contributed by atoms with Gasteiger partial charge in [0, 0.05) is 18.4 Å². The quantitative estimate of drug-likeness (QED) is 0.785.